The van der Waals surface area contributed by atoms with Crippen molar-refractivity contribution in [2.24, 2.45) is 0 Å². The molecule has 0 aliphatic carbocycles. The summed E-state index contributed by atoms with van der Waals surface area (Å²) in [7, 11) is 1.54. The Balaban J connectivity index is 1.75. The number of aliphatic hydroxyl groups is 1. The van der Waals surface area contributed by atoms with Crippen molar-refractivity contribution >= 4 is 5.91 Å². The van der Waals surface area contributed by atoms with Gasteiger partial charge in [-0.05, 0) is 54.3 Å². The molecule has 0 fully saturated rings. The molecule has 1 amide bonds. The molecular weight excluding hydrogens is 328 g/mol. The summed E-state index contributed by atoms with van der Waals surface area (Å²) < 4.78 is 31.7. The smallest absolute Gasteiger partial charge is 0.220 e. The fourth-order valence-electron chi connectivity index (χ4n) is 2.44. The Morgan fingerprint density at radius 3 is 2.80 bits per heavy atom. The van der Waals surface area contributed by atoms with Gasteiger partial charge in [-0.2, -0.15) is 0 Å². The number of aryl methyl sites for hydroxylation is 1. The lowest BCUT2D eigenvalue weighted by Gasteiger charge is -2.13. The quantitative estimate of drug-likeness (QED) is 0.770. The number of benzene rings is 2. The molecule has 2 aromatic rings. The molecule has 0 saturated heterocycles. The minimum Gasteiger partial charge on any atom is -0.497 e. The van der Waals surface area contributed by atoms with Crippen LogP contribution in [0.1, 0.15) is 30.1 Å². The summed E-state index contributed by atoms with van der Waals surface area (Å²) in [6.07, 6.45) is -0.0164. The second-order valence-corrected chi connectivity index (χ2v) is 5.69. The number of nitrogens with one attached hydrogen (secondary N) is 1. The first-order valence-corrected chi connectivity index (χ1v) is 8.02. The maximum absolute atomic E-state index is 13.5. The maximum atomic E-state index is 13.5. The number of hydrogen-bond acceptors (Lipinski definition) is 3. The molecule has 0 bridgehead atoms. The zero-order valence-electron chi connectivity index (χ0n) is 14.0. The van der Waals surface area contributed by atoms with Crippen molar-refractivity contribution in [1.82, 2.24) is 5.32 Å². The highest BCUT2D eigenvalue weighted by atomic mass is 19.1. The Kier molecular flexibility index (Phi) is 6.89. The standard InChI is InChI=1S/C19H21F2NO3/c1-25-16-6-2-5-14(11-16)18(23)12-22-19(24)7-3-4-13-10-15(20)8-9-17(13)21/h2,5-6,8-11,18,23H,3-4,7,12H2,1H3,(H,22,24). The number of ether oxygens (including phenoxy) is 1. The van der Waals surface area contributed by atoms with Gasteiger partial charge in [-0.25, -0.2) is 8.78 Å². The molecule has 0 aliphatic rings. The van der Waals surface area contributed by atoms with E-state index in [2.05, 4.69) is 5.32 Å². The van der Waals surface area contributed by atoms with E-state index in [1.165, 1.54) is 7.11 Å². The molecule has 4 nitrogen and oxygen atoms in total. The zero-order valence-corrected chi connectivity index (χ0v) is 14.0. The number of amides is 1. The topological polar surface area (TPSA) is 58.6 Å². The molecule has 2 rings (SSSR count). The largest absolute Gasteiger partial charge is 0.497 e. The van der Waals surface area contributed by atoms with Gasteiger partial charge in [0.1, 0.15) is 17.4 Å². The number of halogens is 2. The lowest BCUT2D eigenvalue weighted by Crippen LogP contribution is -2.28. The maximum Gasteiger partial charge on any atom is 0.220 e. The van der Waals surface area contributed by atoms with Crippen molar-refractivity contribution in [3.63, 3.8) is 0 Å². The Morgan fingerprint density at radius 1 is 1.24 bits per heavy atom. The molecule has 134 valence electrons. The number of methoxy groups -OCH3 is 1. The van der Waals surface area contributed by atoms with Crippen LogP contribution in [-0.4, -0.2) is 24.7 Å². The number of carbonyl (C=O) groups is 1. The van der Waals surface area contributed by atoms with Gasteiger partial charge in [0.2, 0.25) is 5.91 Å². The summed E-state index contributed by atoms with van der Waals surface area (Å²) in [5.74, 6) is -0.601. The lowest BCUT2D eigenvalue weighted by molar-refractivity contribution is -0.121. The van der Waals surface area contributed by atoms with Crippen LogP contribution in [0.15, 0.2) is 42.5 Å². The first kappa shape index (κ1) is 18.9. The first-order chi connectivity index (χ1) is 12.0. The van der Waals surface area contributed by atoms with E-state index in [-0.39, 0.29) is 30.9 Å². The van der Waals surface area contributed by atoms with Crippen molar-refractivity contribution in [3.05, 3.63) is 65.2 Å². The van der Waals surface area contributed by atoms with E-state index in [4.69, 9.17) is 4.74 Å². The van der Waals surface area contributed by atoms with Gasteiger partial charge in [0, 0.05) is 13.0 Å². The van der Waals surface area contributed by atoms with Gasteiger partial charge in [0.15, 0.2) is 0 Å². The Morgan fingerprint density at radius 2 is 2.04 bits per heavy atom. The summed E-state index contributed by atoms with van der Waals surface area (Å²) in [5.41, 5.74) is 0.894. The van der Waals surface area contributed by atoms with E-state index < -0.39 is 17.7 Å². The van der Waals surface area contributed by atoms with Gasteiger partial charge in [-0.15, -0.1) is 0 Å². The third-order valence-corrected chi connectivity index (χ3v) is 3.83. The molecule has 1 unspecified atom stereocenters. The van der Waals surface area contributed by atoms with Crippen molar-refractivity contribution in [3.8, 4) is 5.75 Å². The van der Waals surface area contributed by atoms with Gasteiger partial charge >= 0.3 is 0 Å². The van der Waals surface area contributed by atoms with Crippen LogP contribution < -0.4 is 10.1 Å². The fraction of sp³-hybridized carbons (Fsp3) is 0.316. The molecule has 25 heavy (non-hydrogen) atoms. The average Bonchev–Trinajstić information content (AvgIpc) is 2.62. The molecule has 2 aromatic carbocycles. The van der Waals surface area contributed by atoms with Crippen LogP contribution in [0, 0.1) is 11.6 Å². The molecule has 2 N–H and O–H groups in total. The van der Waals surface area contributed by atoms with E-state index in [0.717, 1.165) is 18.2 Å². The lowest BCUT2D eigenvalue weighted by atomic mass is 10.1. The van der Waals surface area contributed by atoms with Crippen LogP contribution in [0.25, 0.3) is 0 Å². The molecule has 0 saturated carbocycles. The van der Waals surface area contributed by atoms with E-state index in [1.54, 1.807) is 24.3 Å². The predicted molar refractivity (Wildman–Crippen MR) is 90.3 cm³/mol. The summed E-state index contributed by atoms with van der Waals surface area (Å²) in [6, 6.07) is 10.2. The van der Waals surface area contributed by atoms with Crippen LogP contribution in [0.3, 0.4) is 0 Å². The fourth-order valence-corrected chi connectivity index (χ4v) is 2.44. The van der Waals surface area contributed by atoms with Crippen LogP contribution >= 0.6 is 0 Å². The minimum absolute atomic E-state index is 0.0698. The monoisotopic (exact) mass is 349 g/mol. The molecule has 0 radical (unpaired) electrons. The van der Waals surface area contributed by atoms with Crippen LogP contribution in [-0.2, 0) is 11.2 Å². The van der Waals surface area contributed by atoms with Gasteiger partial charge in [-0.1, -0.05) is 12.1 Å². The highest BCUT2D eigenvalue weighted by Gasteiger charge is 2.11. The van der Waals surface area contributed by atoms with Crippen molar-refractivity contribution in [1.29, 1.82) is 0 Å². The third-order valence-electron chi connectivity index (χ3n) is 3.83. The highest BCUT2D eigenvalue weighted by molar-refractivity contribution is 5.75. The van der Waals surface area contributed by atoms with Crippen molar-refractivity contribution in [2.75, 3.05) is 13.7 Å². The first-order valence-electron chi connectivity index (χ1n) is 8.02. The summed E-state index contributed by atoms with van der Waals surface area (Å²) >= 11 is 0. The highest BCUT2D eigenvalue weighted by Crippen LogP contribution is 2.18. The molecule has 0 aliphatic heterocycles. The zero-order chi connectivity index (χ0) is 18.2. The van der Waals surface area contributed by atoms with E-state index in [9.17, 15) is 18.7 Å². The third kappa shape index (κ3) is 5.83. The molecule has 0 heterocycles. The Labute approximate surface area is 145 Å². The minimum atomic E-state index is -0.847. The molecule has 0 spiro atoms. The summed E-state index contributed by atoms with van der Waals surface area (Å²) in [6.45, 7) is 0.0698. The Hall–Kier alpha value is -2.47. The van der Waals surface area contributed by atoms with Gasteiger partial charge in [0.05, 0.1) is 13.2 Å². The second-order valence-electron chi connectivity index (χ2n) is 5.69. The Bertz CT molecular complexity index is 722. The van der Waals surface area contributed by atoms with E-state index in [0.29, 0.717) is 17.7 Å². The number of aliphatic hydroxyl groups excluding tert-OH is 1. The average molecular weight is 349 g/mol. The summed E-state index contributed by atoms with van der Waals surface area (Å²) in [5, 5.41) is 12.7. The molecule has 1 atom stereocenters. The van der Waals surface area contributed by atoms with Gasteiger partial charge in [0.25, 0.3) is 0 Å². The number of carbonyl (C=O) groups excluding carboxylic acids is 1. The van der Waals surface area contributed by atoms with E-state index in [1.807, 2.05) is 0 Å². The summed E-state index contributed by atoms with van der Waals surface area (Å²) in [4.78, 5) is 11.8. The van der Waals surface area contributed by atoms with Crippen LogP contribution in [0.5, 0.6) is 5.75 Å². The van der Waals surface area contributed by atoms with Crippen molar-refractivity contribution < 1.29 is 23.4 Å². The van der Waals surface area contributed by atoms with E-state index >= 15 is 0 Å². The van der Waals surface area contributed by atoms with Crippen LogP contribution in [0.4, 0.5) is 8.78 Å². The number of hydrogen-bond donors (Lipinski definition) is 2. The van der Waals surface area contributed by atoms with Crippen molar-refractivity contribution in [2.45, 2.75) is 25.4 Å². The number of rotatable bonds is 8. The SMILES string of the molecule is COc1cccc(C(O)CNC(=O)CCCc2cc(F)ccc2F)c1. The van der Waals surface area contributed by atoms with Gasteiger partial charge < -0.3 is 15.2 Å². The van der Waals surface area contributed by atoms with Gasteiger partial charge in [-0.3, -0.25) is 4.79 Å². The molecule has 6 heteroatoms. The van der Waals surface area contributed by atoms with Crippen LogP contribution in [0.2, 0.25) is 0 Å². The molecular formula is C19H21F2NO3. The predicted octanol–water partition coefficient (Wildman–Crippen LogP) is 3.15. The normalized spacial score (nSPS) is 11.8. The molecule has 0 aromatic heterocycles. The second kappa shape index (κ2) is 9.13.